The van der Waals surface area contributed by atoms with Crippen molar-refractivity contribution in [2.45, 2.75) is 52.0 Å². The van der Waals surface area contributed by atoms with E-state index >= 15 is 0 Å². The number of hydrogen-bond donors (Lipinski definition) is 1. The van der Waals surface area contributed by atoms with Crippen molar-refractivity contribution in [2.75, 3.05) is 19.0 Å². The molecule has 0 atom stereocenters. The van der Waals surface area contributed by atoms with Crippen molar-refractivity contribution in [3.63, 3.8) is 0 Å². The van der Waals surface area contributed by atoms with Gasteiger partial charge in [0, 0.05) is 31.1 Å². The van der Waals surface area contributed by atoms with Crippen molar-refractivity contribution in [3.8, 4) is 5.75 Å². The van der Waals surface area contributed by atoms with E-state index in [4.69, 9.17) is 9.72 Å². The van der Waals surface area contributed by atoms with Crippen molar-refractivity contribution in [2.24, 2.45) is 5.92 Å². The van der Waals surface area contributed by atoms with Crippen molar-refractivity contribution < 1.29 is 4.74 Å². The van der Waals surface area contributed by atoms with Gasteiger partial charge in [-0.05, 0) is 55.5 Å². The first kappa shape index (κ1) is 18.9. The number of nitrogens with zero attached hydrogens (tertiary/aromatic N) is 2. The highest BCUT2D eigenvalue weighted by Crippen LogP contribution is 2.29. The van der Waals surface area contributed by atoms with Gasteiger partial charge in [-0.2, -0.15) is 0 Å². The van der Waals surface area contributed by atoms with Crippen LogP contribution >= 0.6 is 0 Å². The number of aromatic nitrogens is 2. The second kappa shape index (κ2) is 8.68. The molecule has 1 fully saturated rings. The number of fused-ring (bicyclic) bond motifs is 1. The summed E-state index contributed by atoms with van der Waals surface area (Å²) < 4.78 is 8.06. The van der Waals surface area contributed by atoms with Crippen LogP contribution in [0.25, 0.3) is 11.0 Å². The molecule has 0 amide bonds. The molecular formula is C24H31N3O. The molecule has 1 N–H and O–H groups in total. The number of rotatable bonds is 7. The number of hydrogen-bond acceptors (Lipinski definition) is 3. The maximum Gasteiger partial charge on any atom is 0.140 e. The zero-order valence-corrected chi connectivity index (χ0v) is 17.1. The lowest BCUT2D eigenvalue weighted by Crippen LogP contribution is -2.16. The molecule has 0 saturated heterocycles. The fourth-order valence-corrected chi connectivity index (χ4v) is 4.39. The Morgan fingerprint density at radius 1 is 1.11 bits per heavy atom. The van der Waals surface area contributed by atoms with Gasteiger partial charge < -0.3 is 14.6 Å². The summed E-state index contributed by atoms with van der Waals surface area (Å²) in [4.78, 5) is 4.80. The lowest BCUT2D eigenvalue weighted by Gasteiger charge is -2.23. The van der Waals surface area contributed by atoms with Crippen LogP contribution in [0.1, 0.15) is 50.3 Å². The van der Waals surface area contributed by atoms with Gasteiger partial charge in [0.15, 0.2) is 0 Å². The van der Waals surface area contributed by atoms with E-state index in [0.717, 1.165) is 36.0 Å². The third-order valence-corrected chi connectivity index (χ3v) is 5.89. The van der Waals surface area contributed by atoms with Gasteiger partial charge in [-0.1, -0.05) is 31.4 Å². The molecular weight excluding hydrogens is 346 g/mol. The molecule has 2 aromatic heterocycles. The molecule has 1 saturated carbocycles. The van der Waals surface area contributed by atoms with E-state index < -0.39 is 0 Å². The van der Waals surface area contributed by atoms with Crippen LogP contribution in [0.5, 0.6) is 5.75 Å². The number of anilines is 1. The minimum absolute atomic E-state index is 0.703. The van der Waals surface area contributed by atoms with E-state index in [2.05, 4.69) is 46.3 Å². The third kappa shape index (κ3) is 4.16. The first-order valence-electron chi connectivity index (χ1n) is 10.6. The maximum absolute atomic E-state index is 5.59. The first-order valence-corrected chi connectivity index (χ1v) is 10.6. The predicted molar refractivity (Wildman–Crippen MR) is 116 cm³/mol. The molecule has 1 aromatic carbocycles. The molecule has 4 nitrogen and oxygen atoms in total. The number of benzene rings is 1. The van der Waals surface area contributed by atoms with Crippen molar-refractivity contribution in [1.82, 2.24) is 9.55 Å². The number of nitrogens with one attached hydrogen (secondary N) is 1. The molecule has 3 aromatic rings. The van der Waals surface area contributed by atoms with Crippen molar-refractivity contribution in [3.05, 3.63) is 53.9 Å². The first-order chi connectivity index (χ1) is 13.8. The van der Waals surface area contributed by atoms with Crippen LogP contribution in [0.4, 0.5) is 5.69 Å². The molecule has 1 aliphatic rings. The highest BCUT2D eigenvalue weighted by molar-refractivity contribution is 5.81. The molecule has 0 radical (unpaired) electrons. The van der Waals surface area contributed by atoms with Gasteiger partial charge in [0.2, 0.25) is 0 Å². The Labute approximate surface area is 167 Å². The van der Waals surface area contributed by atoms with Crippen LogP contribution in [0, 0.1) is 5.92 Å². The Kier molecular flexibility index (Phi) is 5.84. The summed E-state index contributed by atoms with van der Waals surface area (Å²) in [6.45, 7) is 3.81. The zero-order chi connectivity index (χ0) is 19.3. The van der Waals surface area contributed by atoms with Crippen molar-refractivity contribution >= 4 is 16.7 Å². The van der Waals surface area contributed by atoms with Crippen LogP contribution in [-0.4, -0.2) is 23.2 Å². The number of pyridine rings is 1. The summed E-state index contributed by atoms with van der Waals surface area (Å²) in [5.41, 5.74) is 4.84. The van der Waals surface area contributed by atoms with E-state index in [1.54, 1.807) is 0 Å². The van der Waals surface area contributed by atoms with Gasteiger partial charge in [-0.3, -0.25) is 0 Å². The fraction of sp³-hybridized carbons (Fsp3) is 0.458. The van der Waals surface area contributed by atoms with Gasteiger partial charge in [0.05, 0.1) is 18.5 Å². The van der Waals surface area contributed by atoms with Gasteiger partial charge in [-0.15, -0.1) is 0 Å². The average Bonchev–Trinajstić information content (AvgIpc) is 3.06. The van der Waals surface area contributed by atoms with E-state index in [9.17, 15) is 0 Å². The van der Waals surface area contributed by atoms with Crippen LogP contribution in [0.15, 0.2) is 42.6 Å². The molecule has 0 aliphatic heterocycles. The van der Waals surface area contributed by atoms with Crippen LogP contribution < -0.4 is 10.1 Å². The summed E-state index contributed by atoms with van der Waals surface area (Å²) in [5.74, 6) is 1.71. The minimum atomic E-state index is 0.703. The second-order valence-corrected chi connectivity index (χ2v) is 7.89. The Balaban J connectivity index is 1.65. The Morgan fingerprint density at radius 2 is 1.89 bits per heavy atom. The van der Waals surface area contributed by atoms with E-state index in [-0.39, 0.29) is 0 Å². The lowest BCUT2D eigenvalue weighted by atomic mass is 9.89. The summed E-state index contributed by atoms with van der Waals surface area (Å²) >= 11 is 0. The molecule has 4 rings (SSSR count). The van der Waals surface area contributed by atoms with Gasteiger partial charge in [0.1, 0.15) is 11.4 Å². The van der Waals surface area contributed by atoms with E-state index in [0.29, 0.717) is 6.61 Å². The predicted octanol–water partition coefficient (Wildman–Crippen LogP) is 5.65. The van der Waals surface area contributed by atoms with Gasteiger partial charge >= 0.3 is 0 Å². The van der Waals surface area contributed by atoms with Crippen LogP contribution in [-0.2, 0) is 13.0 Å². The largest absolute Gasteiger partial charge is 0.494 e. The molecule has 148 valence electrons. The van der Waals surface area contributed by atoms with Crippen molar-refractivity contribution in [1.29, 1.82) is 0 Å². The van der Waals surface area contributed by atoms with E-state index in [1.165, 1.54) is 48.7 Å². The highest BCUT2D eigenvalue weighted by Gasteiger charge is 2.18. The molecule has 0 bridgehead atoms. The van der Waals surface area contributed by atoms with E-state index in [1.807, 2.05) is 20.2 Å². The topological polar surface area (TPSA) is 39.1 Å². The smallest absolute Gasteiger partial charge is 0.140 e. The summed E-state index contributed by atoms with van der Waals surface area (Å²) in [7, 11) is 1.95. The lowest BCUT2D eigenvalue weighted by molar-refractivity contribution is 0.320. The highest BCUT2D eigenvalue weighted by atomic mass is 16.5. The molecule has 1 aliphatic carbocycles. The molecule has 28 heavy (non-hydrogen) atoms. The Bertz CT molecular complexity index is 907. The molecule has 0 spiro atoms. The monoisotopic (exact) mass is 377 g/mol. The van der Waals surface area contributed by atoms with Crippen LogP contribution in [0.2, 0.25) is 0 Å². The normalized spacial score (nSPS) is 15.1. The molecule has 0 unspecified atom stereocenters. The summed E-state index contributed by atoms with van der Waals surface area (Å²) in [5, 5.41) is 4.44. The standard InChI is InChI=1S/C24H31N3O/c1-3-28-23-11-9-18(10-12-23)13-22-15-20-14-21(25-2)16-26-24(20)27(22)17-19-7-5-4-6-8-19/h9-12,14-16,19,25H,3-8,13,17H2,1-2H3. The Morgan fingerprint density at radius 3 is 2.61 bits per heavy atom. The third-order valence-electron chi connectivity index (χ3n) is 5.89. The van der Waals surface area contributed by atoms with Gasteiger partial charge in [-0.25, -0.2) is 4.98 Å². The SMILES string of the molecule is CCOc1ccc(Cc2cc3cc(NC)cnc3n2CC2CCCCC2)cc1. The maximum atomic E-state index is 5.59. The minimum Gasteiger partial charge on any atom is -0.494 e. The van der Waals surface area contributed by atoms with Gasteiger partial charge in [0.25, 0.3) is 0 Å². The summed E-state index contributed by atoms with van der Waals surface area (Å²) in [6.07, 6.45) is 9.69. The van der Waals surface area contributed by atoms with Crippen LogP contribution in [0.3, 0.4) is 0 Å². The zero-order valence-electron chi connectivity index (χ0n) is 17.1. The summed E-state index contributed by atoms with van der Waals surface area (Å²) in [6, 6.07) is 13.0. The fourth-order valence-electron chi connectivity index (χ4n) is 4.39. The Hall–Kier alpha value is -2.49. The molecule has 4 heteroatoms. The number of ether oxygens (including phenoxy) is 1. The average molecular weight is 378 g/mol. The molecule has 2 heterocycles. The quantitative estimate of drug-likeness (QED) is 0.578. The second-order valence-electron chi connectivity index (χ2n) is 7.89.